The van der Waals surface area contributed by atoms with Crippen molar-refractivity contribution in [3.05, 3.63) is 93.8 Å². The Balaban J connectivity index is 1.31. The molecule has 3 aromatic heterocycles. The van der Waals surface area contributed by atoms with Crippen LogP contribution in [0.4, 0.5) is 0 Å². The van der Waals surface area contributed by atoms with Crippen LogP contribution >= 0.6 is 11.3 Å². The molecule has 0 aliphatic heterocycles. The molecule has 0 radical (unpaired) electrons. The molecule has 0 atom stereocenters. The molecule has 0 unspecified atom stereocenters. The van der Waals surface area contributed by atoms with E-state index < -0.39 is 0 Å². The molecule has 2 aromatic carbocycles. The van der Waals surface area contributed by atoms with Gasteiger partial charge in [-0.2, -0.15) is 10.2 Å². The number of amides is 1. The predicted molar refractivity (Wildman–Crippen MR) is 135 cm³/mol. The Kier molecular flexibility index (Phi) is 5.31. The van der Waals surface area contributed by atoms with Crippen LogP contribution in [0.15, 0.2) is 82.4 Å². The number of hydrogen-bond donors (Lipinski definition) is 1. The summed E-state index contributed by atoms with van der Waals surface area (Å²) in [7, 11) is 0. The van der Waals surface area contributed by atoms with Crippen molar-refractivity contribution in [3.63, 3.8) is 0 Å². The molecule has 1 aliphatic rings. The number of aryl methyl sites for hydroxylation is 2. The minimum Gasteiger partial charge on any atom is -0.454 e. The lowest BCUT2D eigenvalue weighted by molar-refractivity contribution is 0.0959. The Labute approximate surface area is 200 Å². The summed E-state index contributed by atoms with van der Waals surface area (Å²) in [5.41, 5.74) is 7.11. The first-order valence-corrected chi connectivity index (χ1v) is 12.2. The standard InChI is InChI=1S/C27H22N4O2S/c32-27(25-15-19-9-5-7-13-24(19)34-25)29-28-16-20-17-31(21-10-2-1-3-11-21)30-26(20)23-14-18-8-4-6-12-22(18)33-23/h1-4,6,8,10-12,14-17H,5,7,9,13H2,(H,29,32)/b28-16-. The van der Waals surface area contributed by atoms with Gasteiger partial charge in [0.05, 0.1) is 16.8 Å². The summed E-state index contributed by atoms with van der Waals surface area (Å²) in [6, 6.07) is 21.7. The minimum absolute atomic E-state index is 0.184. The van der Waals surface area contributed by atoms with Gasteiger partial charge in [-0.3, -0.25) is 4.79 Å². The van der Waals surface area contributed by atoms with Gasteiger partial charge in [0.2, 0.25) is 0 Å². The molecule has 6 rings (SSSR count). The summed E-state index contributed by atoms with van der Waals surface area (Å²) in [6.45, 7) is 0. The monoisotopic (exact) mass is 466 g/mol. The fraction of sp³-hybridized carbons (Fsp3) is 0.148. The van der Waals surface area contributed by atoms with Gasteiger partial charge in [0.15, 0.2) is 5.76 Å². The molecular formula is C27H22N4O2S. The zero-order chi connectivity index (χ0) is 22.9. The van der Waals surface area contributed by atoms with Crippen molar-refractivity contribution in [1.29, 1.82) is 0 Å². The van der Waals surface area contributed by atoms with E-state index in [2.05, 4.69) is 10.5 Å². The van der Waals surface area contributed by atoms with Crippen molar-refractivity contribution in [3.8, 4) is 17.1 Å². The lowest BCUT2D eigenvalue weighted by Crippen LogP contribution is -2.16. The zero-order valence-electron chi connectivity index (χ0n) is 18.4. The van der Waals surface area contributed by atoms with Gasteiger partial charge in [0, 0.05) is 22.0 Å². The van der Waals surface area contributed by atoms with Crippen molar-refractivity contribution in [2.45, 2.75) is 25.7 Å². The Morgan fingerprint density at radius 2 is 1.88 bits per heavy atom. The number of carbonyl (C=O) groups is 1. The van der Waals surface area contributed by atoms with Crippen LogP contribution in [-0.2, 0) is 12.8 Å². The van der Waals surface area contributed by atoms with Crippen LogP contribution in [0.1, 0.15) is 38.5 Å². The van der Waals surface area contributed by atoms with Gasteiger partial charge in [-0.25, -0.2) is 10.1 Å². The first kappa shape index (κ1) is 20.6. The van der Waals surface area contributed by atoms with Crippen LogP contribution in [0.2, 0.25) is 0 Å². The second kappa shape index (κ2) is 8.76. The third-order valence-electron chi connectivity index (χ3n) is 6.01. The number of fused-ring (bicyclic) bond motifs is 2. The summed E-state index contributed by atoms with van der Waals surface area (Å²) in [4.78, 5) is 14.7. The topological polar surface area (TPSA) is 72.4 Å². The van der Waals surface area contributed by atoms with E-state index in [1.165, 1.54) is 23.3 Å². The van der Waals surface area contributed by atoms with Crippen LogP contribution in [0, 0.1) is 0 Å². The Hall–Kier alpha value is -3.97. The van der Waals surface area contributed by atoms with Gasteiger partial charge in [0.25, 0.3) is 5.91 Å². The van der Waals surface area contributed by atoms with Crippen LogP contribution < -0.4 is 5.43 Å². The van der Waals surface area contributed by atoms with Gasteiger partial charge >= 0.3 is 0 Å². The third kappa shape index (κ3) is 3.95. The SMILES string of the molecule is O=C(N/N=C\c1cn(-c2ccccc2)nc1-c1cc2ccccc2o1)c1cc2c(s1)CCCC2. The zero-order valence-corrected chi connectivity index (χ0v) is 19.2. The summed E-state index contributed by atoms with van der Waals surface area (Å²) in [5, 5.41) is 10.0. The number of hydrogen-bond acceptors (Lipinski definition) is 5. The second-order valence-corrected chi connectivity index (χ2v) is 9.46. The van der Waals surface area contributed by atoms with Crippen LogP contribution in [0.25, 0.3) is 28.1 Å². The average molecular weight is 467 g/mol. The molecule has 1 amide bonds. The number of rotatable bonds is 5. The number of furan rings is 1. The van der Waals surface area contributed by atoms with E-state index in [0.29, 0.717) is 16.3 Å². The summed E-state index contributed by atoms with van der Waals surface area (Å²) >= 11 is 1.58. The predicted octanol–water partition coefficient (Wildman–Crippen LogP) is 5.99. The molecule has 168 valence electrons. The number of nitrogens with one attached hydrogen (secondary N) is 1. The van der Waals surface area contributed by atoms with Crippen LogP contribution in [0.3, 0.4) is 0 Å². The highest BCUT2D eigenvalue weighted by Gasteiger charge is 2.18. The summed E-state index contributed by atoms with van der Waals surface area (Å²) < 4.78 is 7.85. The van der Waals surface area contributed by atoms with Gasteiger partial charge < -0.3 is 4.42 Å². The maximum Gasteiger partial charge on any atom is 0.281 e. The first-order valence-electron chi connectivity index (χ1n) is 11.3. The van der Waals surface area contributed by atoms with E-state index in [9.17, 15) is 4.79 Å². The van der Waals surface area contributed by atoms with Gasteiger partial charge in [-0.05, 0) is 61.6 Å². The number of aromatic nitrogens is 2. The molecule has 0 fully saturated rings. The van der Waals surface area contributed by atoms with Crippen molar-refractivity contribution in [2.24, 2.45) is 5.10 Å². The maximum absolute atomic E-state index is 12.7. The average Bonchev–Trinajstić information content (AvgIpc) is 3.60. The lowest BCUT2D eigenvalue weighted by atomic mass is 9.99. The van der Waals surface area contributed by atoms with Gasteiger partial charge in [-0.1, -0.05) is 36.4 Å². The Morgan fingerprint density at radius 1 is 1.06 bits per heavy atom. The molecule has 0 saturated carbocycles. The number of hydrazone groups is 1. The molecule has 1 aliphatic carbocycles. The molecule has 5 aromatic rings. The van der Waals surface area contributed by atoms with E-state index >= 15 is 0 Å². The summed E-state index contributed by atoms with van der Waals surface area (Å²) in [6.07, 6.45) is 8.03. The Morgan fingerprint density at radius 3 is 2.74 bits per heavy atom. The quantitative estimate of drug-likeness (QED) is 0.255. The fourth-order valence-corrected chi connectivity index (χ4v) is 5.45. The van der Waals surface area contributed by atoms with Crippen molar-refractivity contribution < 1.29 is 9.21 Å². The van der Waals surface area contributed by atoms with Crippen molar-refractivity contribution in [1.82, 2.24) is 15.2 Å². The molecule has 7 heteroatoms. The molecule has 34 heavy (non-hydrogen) atoms. The molecule has 6 nitrogen and oxygen atoms in total. The molecule has 3 heterocycles. The van der Waals surface area contributed by atoms with Gasteiger partial charge in [0.1, 0.15) is 11.3 Å². The molecule has 0 bridgehead atoms. The molecule has 1 N–H and O–H groups in total. The largest absolute Gasteiger partial charge is 0.454 e. The smallest absolute Gasteiger partial charge is 0.281 e. The minimum atomic E-state index is -0.184. The molecular weight excluding hydrogens is 444 g/mol. The third-order valence-corrected chi connectivity index (χ3v) is 7.25. The first-order chi connectivity index (χ1) is 16.7. The number of para-hydroxylation sites is 2. The summed E-state index contributed by atoms with van der Waals surface area (Å²) in [5.74, 6) is 0.464. The van der Waals surface area contributed by atoms with E-state index in [1.54, 1.807) is 22.2 Å². The van der Waals surface area contributed by atoms with E-state index in [1.807, 2.05) is 72.9 Å². The van der Waals surface area contributed by atoms with E-state index in [-0.39, 0.29) is 5.91 Å². The van der Waals surface area contributed by atoms with Gasteiger partial charge in [-0.15, -0.1) is 11.3 Å². The normalized spacial score (nSPS) is 13.4. The lowest BCUT2D eigenvalue weighted by Gasteiger charge is -2.08. The van der Waals surface area contributed by atoms with Crippen molar-refractivity contribution in [2.75, 3.05) is 0 Å². The number of nitrogens with zero attached hydrogens (tertiary/aromatic N) is 3. The highest BCUT2D eigenvalue weighted by atomic mass is 32.1. The Bertz CT molecular complexity index is 1450. The number of carbonyl (C=O) groups excluding carboxylic acids is 1. The van der Waals surface area contributed by atoms with E-state index in [0.717, 1.165) is 35.1 Å². The highest BCUT2D eigenvalue weighted by molar-refractivity contribution is 7.14. The number of thiophene rings is 1. The highest BCUT2D eigenvalue weighted by Crippen LogP contribution is 2.30. The maximum atomic E-state index is 12.7. The van der Waals surface area contributed by atoms with Crippen LogP contribution in [-0.4, -0.2) is 21.9 Å². The second-order valence-electron chi connectivity index (χ2n) is 8.33. The number of benzene rings is 2. The van der Waals surface area contributed by atoms with Crippen molar-refractivity contribution >= 4 is 34.4 Å². The van der Waals surface area contributed by atoms with Crippen LogP contribution in [0.5, 0.6) is 0 Å². The molecule has 0 saturated heterocycles. The molecule has 0 spiro atoms. The van der Waals surface area contributed by atoms with E-state index in [4.69, 9.17) is 9.52 Å². The fourth-order valence-electron chi connectivity index (χ4n) is 4.30.